The van der Waals surface area contributed by atoms with E-state index in [1.54, 1.807) is 24.3 Å². The Bertz CT molecular complexity index is 1320. The normalized spacial score (nSPS) is 11.0. The van der Waals surface area contributed by atoms with Crippen molar-refractivity contribution in [3.8, 4) is 11.3 Å². The average molecular weight is 430 g/mol. The molecular weight excluding hydrogens is 414 g/mol. The first kappa shape index (κ1) is 20.3. The first-order valence-corrected chi connectivity index (χ1v) is 9.72. The molecule has 1 aromatic heterocycles. The number of carbonyl (C=O) groups is 2. The fourth-order valence-corrected chi connectivity index (χ4v) is 3.34. The zero-order valence-corrected chi connectivity index (χ0v) is 16.9. The van der Waals surface area contributed by atoms with Crippen molar-refractivity contribution in [3.63, 3.8) is 0 Å². The van der Waals surface area contributed by atoms with Gasteiger partial charge in [0, 0.05) is 16.0 Å². The molecule has 3 aromatic carbocycles. The van der Waals surface area contributed by atoms with E-state index in [1.165, 1.54) is 18.3 Å². The molecule has 31 heavy (non-hydrogen) atoms. The molecule has 0 aliphatic carbocycles. The summed E-state index contributed by atoms with van der Waals surface area (Å²) < 4.78 is 0. The summed E-state index contributed by atoms with van der Waals surface area (Å²) >= 11 is 6.32. The van der Waals surface area contributed by atoms with Gasteiger partial charge < -0.3 is 5.11 Å². The van der Waals surface area contributed by atoms with E-state index < -0.39 is 11.9 Å². The number of hydrazone groups is 1. The highest BCUT2D eigenvalue weighted by Crippen LogP contribution is 2.29. The second kappa shape index (κ2) is 8.77. The Labute approximate surface area is 182 Å². The van der Waals surface area contributed by atoms with Crippen molar-refractivity contribution in [2.45, 2.75) is 0 Å². The van der Waals surface area contributed by atoms with E-state index in [4.69, 9.17) is 16.7 Å². The summed E-state index contributed by atoms with van der Waals surface area (Å²) in [6, 6.07) is 22.5. The largest absolute Gasteiger partial charge is 0.478 e. The molecule has 0 saturated heterocycles. The topological polar surface area (TPSA) is 91.6 Å². The van der Waals surface area contributed by atoms with Gasteiger partial charge in [-0.05, 0) is 35.9 Å². The summed E-state index contributed by atoms with van der Waals surface area (Å²) in [4.78, 5) is 28.5. The van der Waals surface area contributed by atoms with Gasteiger partial charge in [-0.1, -0.05) is 60.1 Å². The Hall–Kier alpha value is -4.03. The number of carboxylic acids is 1. The SMILES string of the molecule is O=C(O)c1ccc(/C=N/NC(=O)c2cc(-c3ccccc3Cl)nc3ccccc23)cc1. The molecule has 1 amide bonds. The Balaban J connectivity index is 1.64. The molecule has 152 valence electrons. The van der Waals surface area contributed by atoms with E-state index >= 15 is 0 Å². The fraction of sp³-hybridized carbons (Fsp3) is 0. The van der Waals surface area contributed by atoms with Crippen molar-refractivity contribution in [2.24, 2.45) is 5.10 Å². The molecule has 4 rings (SSSR count). The van der Waals surface area contributed by atoms with Crippen molar-refractivity contribution in [3.05, 3.63) is 101 Å². The molecule has 0 saturated carbocycles. The number of aromatic carboxylic acids is 1. The smallest absolute Gasteiger partial charge is 0.335 e. The zero-order valence-electron chi connectivity index (χ0n) is 16.1. The summed E-state index contributed by atoms with van der Waals surface area (Å²) in [5.41, 5.74) is 5.75. The molecule has 0 unspecified atom stereocenters. The molecule has 7 heteroatoms. The lowest BCUT2D eigenvalue weighted by atomic mass is 10.0. The molecule has 6 nitrogen and oxygen atoms in total. The molecule has 0 fully saturated rings. The van der Waals surface area contributed by atoms with Crippen molar-refractivity contribution in [1.29, 1.82) is 0 Å². The number of carbonyl (C=O) groups excluding carboxylic acids is 1. The minimum atomic E-state index is -1.00. The van der Waals surface area contributed by atoms with Crippen molar-refractivity contribution < 1.29 is 14.7 Å². The maximum absolute atomic E-state index is 12.9. The van der Waals surface area contributed by atoms with Crippen molar-refractivity contribution >= 4 is 40.6 Å². The molecule has 0 aliphatic rings. The fourth-order valence-electron chi connectivity index (χ4n) is 3.11. The maximum atomic E-state index is 12.9. The molecule has 4 aromatic rings. The number of aromatic nitrogens is 1. The number of hydrogen-bond acceptors (Lipinski definition) is 4. The molecule has 1 heterocycles. The van der Waals surface area contributed by atoms with Crippen molar-refractivity contribution in [1.82, 2.24) is 10.4 Å². The highest BCUT2D eigenvalue weighted by Gasteiger charge is 2.14. The van der Waals surface area contributed by atoms with Crippen LogP contribution in [0.2, 0.25) is 5.02 Å². The Kier molecular flexibility index (Phi) is 5.73. The number of hydrogen-bond donors (Lipinski definition) is 2. The number of benzene rings is 3. The number of nitrogens with zero attached hydrogens (tertiary/aromatic N) is 2. The minimum Gasteiger partial charge on any atom is -0.478 e. The van der Waals surface area contributed by atoms with Crippen LogP contribution in [0.5, 0.6) is 0 Å². The molecule has 0 spiro atoms. The summed E-state index contributed by atoms with van der Waals surface area (Å²) in [6.45, 7) is 0. The lowest BCUT2D eigenvalue weighted by Crippen LogP contribution is -2.18. The zero-order chi connectivity index (χ0) is 21.8. The van der Waals surface area contributed by atoms with Gasteiger partial charge in [0.25, 0.3) is 5.91 Å². The van der Waals surface area contributed by atoms with Gasteiger partial charge in [0.1, 0.15) is 0 Å². The van der Waals surface area contributed by atoms with Gasteiger partial charge in [0.15, 0.2) is 0 Å². The van der Waals surface area contributed by atoms with E-state index in [1.807, 2.05) is 42.5 Å². The van der Waals surface area contributed by atoms with Crippen LogP contribution in [0.3, 0.4) is 0 Å². The Morgan fingerprint density at radius 3 is 2.42 bits per heavy atom. The summed E-state index contributed by atoms with van der Waals surface area (Å²) in [6.07, 6.45) is 1.45. The van der Waals surface area contributed by atoms with Crippen LogP contribution in [0.1, 0.15) is 26.3 Å². The van der Waals surface area contributed by atoms with E-state index in [0.29, 0.717) is 32.7 Å². The quantitative estimate of drug-likeness (QED) is 0.344. The van der Waals surface area contributed by atoms with Gasteiger partial charge in [-0.2, -0.15) is 5.10 Å². The predicted octanol–water partition coefficient (Wildman–Crippen LogP) is 5.02. The average Bonchev–Trinajstić information content (AvgIpc) is 2.79. The van der Waals surface area contributed by atoms with Crippen LogP contribution in [0, 0.1) is 0 Å². The molecule has 0 radical (unpaired) electrons. The van der Waals surface area contributed by atoms with Crippen LogP contribution in [0.4, 0.5) is 0 Å². The number of rotatable bonds is 5. The highest BCUT2D eigenvalue weighted by molar-refractivity contribution is 6.33. The van der Waals surface area contributed by atoms with Gasteiger partial charge in [-0.25, -0.2) is 15.2 Å². The number of nitrogens with one attached hydrogen (secondary N) is 1. The number of carboxylic acid groups (broad SMARTS) is 1. The summed E-state index contributed by atoms with van der Waals surface area (Å²) in [7, 11) is 0. The summed E-state index contributed by atoms with van der Waals surface area (Å²) in [5, 5.41) is 14.2. The van der Waals surface area contributed by atoms with Gasteiger partial charge >= 0.3 is 5.97 Å². The van der Waals surface area contributed by atoms with Gasteiger partial charge in [0.05, 0.1) is 28.6 Å². The number of pyridine rings is 1. The van der Waals surface area contributed by atoms with Crippen LogP contribution in [0.15, 0.2) is 84.0 Å². The maximum Gasteiger partial charge on any atom is 0.335 e. The lowest BCUT2D eigenvalue weighted by Gasteiger charge is -2.10. The number of para-hydroxylation sites is 1. The second-order valence-corrected chi connectivity index (χ2v) is 7.09. The number of amides is 1. The third-order valence-electron chi connectivity index (χ3n) is 4.65. The van der Waals surface area contributed by atoms with E-state index in [2.05, 4.69) is 15.5 Å². The standard InChI is InChI=1S/C24H16ClN3O3/c25-20-7-3-1-6-18(20)22-13-19(17-5-2-4-8-21(17)27-22)23(29)28-26-14-15-9-11-16(12-10-15)24(30)31/h1-14H,(H,28,29)(H,30,31)/b26-14+. The molecular formula is C24H16ClN3O3. The predicted molar refractivity (Wildman–Crippen MR) is 121 cm³/mol. The number of fused-ring (bicyclic) bond motifs is 1. The third kappa shape index (κ3) is 4.44. The van der Waals surface area contributed by atoms with Crippen LogP contribution in [0.25, 0.3) is 22.2 Å². The minimum absolute atomic E-state index is 0.177. The van der Waals surface area contributed by atoms with E-state index in [0.717, 1.165) is 5.56 Å². The molecule has 2 N–H and O–H groups in total. The molecule has 0 aliphatic heterocycles. The summed E-state index contributed by atoms with van der Waals surface area (Å²) in [5.74, 6) is -1.40. The van der Waals surface area contributed by atoms with Gasteiger partial charge in [0.2, 0.25) is 0 Å². The van der Waals surface area contributed by atoms with Crippen molar-refractivity contribution in [2.75, 3.05) is 0 Å². The lowest BCUT2D eigenvalue weighted by molar-refractivity contribution is 0.0696. The Morgan fingerprint density at radius 2 is 1.68 bits per heavy atom. The Morgan fingerprint density at radius 1 is 0.968 bits per heavy atom. The molecule has 0 bridgehead atoms. The highest BCUT2D eigenvalue weighted by atomic mass is 35.5. The van der Waals surface area contributed by atoms with E-state index in [-0.39, 0.29) is 5.56 Å². The first-order valence-electron chi connectivity index (χ1n) is 9.34. The monoisotopic (exact) mass is 429 g/mol. The van der Waals surface area contributed by atoms with Gasteiger partial charge in [-0.3, -0.25) is 4.79 Å². The van der Waals surface area contributed by atoms with Crippen LogP contribution in [-0.4, -0.2) is 28.2 Å². The first-order chi connectivity index (χ1) is 15.0. The van der Waals surface area contributed by atoms with Crippen LogP contribution < -0.4 is 5.43 Å². The number of halogens is 1. The third-order valence-corrected chi connectivity index (χ3v) is 4.98. The van der Waals surface area contributed by atoms with Gasteiger partial charge in [-0.15, -0.1) is 0 Å². The van der Waals surface area contributed by atoms with E-state index in [9.17, 15) is 9.59 Å². The molecule has 0 atom stereocenters. The van der Waals surface area contributed by atoms with Crippen LogP contribution >= 0.6 is 11.6 Å². The van der Waals surface area contributed by atoms with Crippen LogP contribution in [-0.2, 0) is 0 Å². The second-order valence-electron chi connectivity index (χ2n) is 6.68.